The highest BCUT2D eigenvalue weighted by molar-refractivity contribution is 14.0. The maximum Gasteiger partial charge on any atom is 0.191 e. The summed E-state index contributed by atoms with van der Waals surface area (Å²) in [7, 11) is -0.356. The summed E-state index contributed by atoms with van der Waals surface area (Å²) in [4.78, 5) is 4.47. The number of benzene rings is 1. The van der Waals surface area contributed by atoms with Crippen molar-refractivity contribution in [1.82, 2.24) is 10.6 Å². The van der Waals surface area contributed by atoms with Crippen LogP contribution in [0, 0.1) is 0 Å². The standard InChI is InChI=1S/C19H27N3O5S2.HI/c1-4-20-19(21-11-14-7-8-16(26-2)17(10-14)27-3)22-12-15(23)13-29(24,25)18-6-5-9-28-18;/h5-10,15,23H,4,11-13H2,1-3H3,(H2,20,21,22);1H. The van der Waals surface area contributed by atoms with Gasteiger partial charge in [-0.1, -0.05) is 12.1 Å². The van der Waals surface area contributed by atoms with E-state index in [-0.39, 0.29) is 40.5 Å². The predicted octanol–water partition coefficient (Wildman–Crippen LogP) is 2.27. The number of nitrogens with one attached hydrogen (secondary N) is 2. The summed E-state index contributed by atoms with van der Waals surface area (Å²) in [6, 6.07) is 8.75. The van der Waals surface area contributed by atoms with Gasteiger partial charge in [-0.05, 0) is 36.1 Å². The zero-order valence-electron chi connectivity index (χ0n) is 17.1. The van der Waals surface area contributed by atoms with Gasteiger partial charge in [-0.15, -0.1) is 35.3 Å². The first-order chi connectivity index (χ1) is 13.9. The van der Waals surface area contributed by atoms with Crippen molar-refractivity contribution in [2.45, 2.75) is 23.8 Å². The molecule has 11 heteroatoms. The Labute approximate surface area is 198 Å². The number of sulfone groups is 1. The lowest BCUT2D eigenvalue weighted by Crippen LogP contribution is -2.42. The van der Waals surface area contributed by atoms with Gasteiger partial charge < -0.3 is 25.2 Å². The Kier molecular flexibility index (Phi) is 11.4. The molecule has 0 radical (unpaired) electrons. The van der Waals surface area contributed by atoms with Crippen molar-refractivity contribution in [3.05, 3.63) is 41.3 Å². The van der Waals surface area contributed by atoms with E-state index in [0.29, 0.717) is 30.5 Å². The van der Waals surface area contributed by atoms with E-state index < -0.39 is 15.9 Å². The Bertz CT molecular complexity index is 905. The fourth-order valence-corrected chi connectivity index (χ4v) is 5.02. The molecule has 0 spiro atoms. The van der Waals surface area contributed by atoms with Crippen molar-refractivity contribution in [3.8, 4) is 11.5 Å². The maximum absolute atomic E-state index is 12.3. The minimum absolute atomic E-state index is 0. The van der Waals surface area contributed by atoms with E-state index in [1.165, 1.54) is 6.07 Å². The van der Waals surface area contributed by atoms with Crippen LogP contribution < -0.4 is 20.1 Å². The molecule has 1 heterocycles. The van der Waals surface area contributed by atoms with Gasteiger partial charge in [-0.25, -0.2) is 13.4 Å². The van der Waals surface area contributed by atoms with Gasteiger partial charge in [-0.3, -0.25) is 0 Å². The van der Waals surface area contributed by atoms with Gasteiger partial charge in [0.2, 0.25) is 0 Å². The molecule has 1 aromatic carbocycles. The number of hydrogen-bond donors (Lipinski definition) is 3. The summed E-state index contributed by atoms with van der Waals surface area (Å²) in [5, 5.41) is 17.9. The van der Waals surface area contributed by atoms with E-state index in [9.17, 15) is 13.5 Å². The molecule has 0 aliphatic rings. The number of nitrogens with zero attached hydrogens (tertiary/aromatic N) is 1. The van der Waals surface area contributed by atoms with Crippen LogP contribution in [-0.4, -0.2) is 58.6 Å². The molecule has 0 saturated heterocycles. The van der Waals surface area contributed by atoms with E-state index >= 15 is 0 Å². The lowest BCUT2D eigenvalue weighted by molar-refractivity contribution is 0.200. The van der Waals surface area contributed by atoms with Crippen LogP contribution in [0.4, 0.5) is 0 Å². The second-order valence-electron chi connectivity index (χ2n) is 6.13. The monoisotopic (exact) mass is 569 g/mol. The molecular formula is C19H28IN3O5S2. The SMILES string of the molecule is CCNC(=NCc1ccc(OC)c(OC)c1)NCC(O)CS(=O)(=O)c1cccs1.I. The zero-order valence-corrected chi connectivity index (χ0v) is 21.1. The van der Waals surface area contributed by atoms with Crippen LogP contribution in [0.3, 0.4) is 0 Å². The van der Waals surface area contributed by atoms with Gasteiger partial charge >= 0.3 is 0 Å². The molecule has 0 saturated carbocycles. The number of rotatable bonds is 10. The quantitative estimate of drug-likeness (QED) is 0.229. The second kappa shape index (κ2) is 13.0. The van der Waals surface area contributed by atoms with Crippen LogP contribution in [0.25, 0.3) is 0 Å². The van der Waals surface area contributed by atoms with Crippen LogP contribution in [0.15, 0.2) is 44.9 Å². The Hall–Kier alpha value is -1.57. The van der Waals surface area contributed by atoms with Crippen molar-refractivity contribution in [3.63, 3.8) is 0 Å². The number of thiophene rings is 1. The molecule has 1 unspecified atom stereocenters. The first kappa shape index (κ1) is 26.5. The molecule has 2 aromatic rings. The lowest BCUT2D eigenvalue weighted by Gasteiger charge is -2.15. The number of guanidine groups is 1. The van der Waals surface area contributed by atoms with Gasteiger partial charge in [0.05, 0.1) is 32.6 Å². The molecule has 168 valence electrons. The highest BCUT2D eigenvalue weighted by Gasteiger charge is 2.20. The minimum Gasteiger partial charge on any atom is -0.493 e. The van der Waals surface area contributed by atoms with Gasteiger partial charge in [0, 0.05) is 13.1 Å². The van der Waals surface area contributed by atoms with Crippen molar-refractivity contribution >= 4 is 51.1 Å². The third kappa shape index (κ3) is 7.93. The average molecular weight is 569 g/mol. The van der Waals surface area contributed by atoms with Crippen LogP contribution in [0.5, 0.6) is 11.5 Å². The van der Waals surface area contributed by atoms with Crippen LogP contribution in [0.1, 0.15) is 12.5 Å². The molecular weight excluding hydrogens is 541 g/mol. The highest BCUT2D eigenvalue weighted by Crippen LogP contribution is 2.27. The van der Waals surface area contributed by atoms with Gasteiger partial charge in [0.15, 0.2) is 27.3 Å². The Morgan fingerprint density at radius 2 is 1.93 bits per heavy atom. The van der Waals surface area contributed by atoms with Crippen molar-refractivity contribution in [2.75, 3.05) is 33.1 Å². The van der Waals surface area contributed by atoms with Crippen molar-refractivity contribution in [1.29, 1.82) is 0 Å². The molecule has 1 atom stereocenters. The van der Waals surface area contributed by atoms with Gasteiger partial charge in [-0.2, -0.15) is 0 Å². The summed E-state index contributed by atoms with van der Waals surface area (Å²) < 4.78 is 35.3. The Balaban J connectivity index is 0.00000450. The predicted molar refractivity (Wildman–Crippen MR) is 130 cm³/mol. The molecule has 2 rings (SSSR count). The lowest BCUT2D eigenvalue weighted by atomic mass is 10.2. The molecule has 3 N–H and O–H groups in total. The number of ether oxygens (including phenoxy) is 2. The maximum atomic E-state index is 12.3. The summed E-state index contributed by atoms with van der Waals surface area (Å²) in [5.41, 5.74) is 0.917. The smallest absolute Gasteiger partial charge is 0.191 e. The molecule has 0 fully saturated rings. The van der Waals surface area contributed by atoms with Gasteiger partial charge in [0.25, 0.3) is 0 Å². The van der Waals surface area contributed by atoms with E-state index in [1.807, 2.05) is 25.1 Å². The van der Waals surface area contributed by atoms with E-state index in [4.69, 9.17) is 9.47 Å². The van der Waals surface area contributed by atoms with E-state index in [2.05, 4.69) is 15.6 Å². The summed E-state index contributed by atoms with van der Waals surface area (Å²) >= 11 is 1.14. The van der Waals surface area contributed by atoms with Crippen molar-refractivity contribution < 1.29 is 23.0 Å². The normalized spacial score (nSPS) is 12.6. The Morgan fingerprint density at radius 1 is 1.20 bits per heavy atom. The third-order valence-electron chi connectivity index (χ3n) is 3.93. The summed E-state index contributed by atoms with van der Waals surface area (Å²) in [6.07, 6.45) is -1.06. The number of halogens is 1. The van der Waals surface area contributed by atoms with E-state index in [0.717, 1.165) is 16.9 Å². The molecule has 1 aromatic heterocycles. The van der Waals surface area contributed by atoms with Crippen LogP contribution in [-0.2, 0) is 16.4 Å². The zero-order chi connectivity index (χ0) is 21.3. The topological polar surface area (TPSA) is 109 Å². The highest BCUT2D eigenvalue weighted by atomic mass is 127. The molecule has 0 aliphatic heterocycles. The molecule has 0 bridgehead atoms. The first-order valence-corrected chi connectivity index (χ1v) is 11.6. The summed E-state index contributed by atoms with van der Waals surface area (Å²) in [5.74, 6) is 1.39. The average Bonchev–Trinajstić information content (AvgIpc) is 3.25. The largest absolute Gasteiger partial charge is 0.493 e. The van der Waals surface area contributed by atoms with Crippen molar-refractivity contribution in [2.24, 2.45) is 4.99 Å². The molecule has 0 amide bonds. The number of hydrogen-bond acceptors (Lipinski definition) is 7. The first-order valence-electron chi connectivity index (χ1n) is 9.07. The number of aliphatic hydroxyl groups excluding tert-OH is 1. The van der Waals surface area contributed by atoms with Crippen LogP contribution >= 0.6 is 35.3 Å². The third-order valence-corrected chi connectivity index (χ3v) is 7.22. The number of aliphatic hydroxyl groups is 1. The minimum atomic E-state index is -3.50. The van der Waals surface area contributed by atoms with Crippen LogP contribution in [0.2, 0.25) is 0 Å². The summed E-state index contributed by atoms with van der Waals surface area (Å²) in [6.45, 7) is 2.98. The molecule has 8 nitrogen and oxygen atoms in total. The molecule has 0 aliphatic carbocycles. The Morgan fingerprint density at radius 3 is 2.53 bits per heavy atom. The second-order valence-corrected chi connectivity index (χ2v) is 9.34. The number of aliphatic imine (C=N–C) groups is 1. The fourth-order valence-electron chi connectivity index (χ4n) is 2.54. The van der Waals surface area contributed by atoms with E-state index in [1.54, 1.807) is 25.7 Å². The van der Waals surface area contributed by atoms with Gasteiger partial charge in [0.1, 0.15) is 4.21 Å². The fraction of sp³-hybridized carbons (Fsp3) is 0.421. The molecule has 30 heavy (non-hydrogen) atoms. The number of methoxy groups -OCH3 is 2.